The molecule has 35 heavy (non-hydrogen) atoms. The second-order valence-electron chi connectivity index (χ2n) is 9.01. The average molecular weight is 490 g/mol. The van der Waals surface area contributed by atoms with E-state index in [0.717, 1.165) is 79.2 Å². The Bertz CT molecular complexity index is 1350. The van der Waals surface area contributed by atoms with Gasteiger partial charge in [0, 0.05) is 35.7 Å². The third kappa shape index (κ3) is 5.46. The summed E-state index contributed by atoms with van der Waals surface area (Å²) in [5.74, 6) is 1.11. The number of hydrogen-bond donors (Lipinski definition) is 1. The summed E-state index contributed by atoms with van der Waals surface area (Å²) in [6, 6.07) is 16.3. The first-order chi connectivity index (χ1) is 17.1. The molecule has 4 aromatic rings. The highest BCUT2D eigenvalue weighted by molar-refractivity contribution is 6.30. The molecule has 8 heteroatoms. The maximum Gasteiger partial charge on any atom is 0.438 e. The van der Waals surface area contributed by atoms with Gasteiger partial charge in [-0.15, -0.1) is 0 Å². The topological polar surface area (TPSA) is 87.9 Å². The van der Waals surface area contributed by atoms with Gasteiger partial charge in [0.15, 0.2) is 11.6 Å². The summed E-state index contributed by atoms with van der Waals surface area (Å²) in [5.41, 5.74) is 6.13. The molecular formula is C27H28ClN5O2. The van der Waals surface area contributed by atoms with Crippen molar-refractivity contribution in [1.82, 2.24) is 20.1 Å². The summed E-state index contributed by atoms with van der Waals surface area (Å²) >= 11 is 6.15. The Hall–Kier alpha value is -3.45. The highest BCUT2D eigenvalue weighted by Gasteiger charge is 2.23. The predicted octanol–water partition coefficient (Wildman–Crippen LogP) is 5.61. The lowest BCUT2D eigenvalue weighted by molar-refractivity contribution is 0.380. The highest BCUT2D eigenvalue weighted by atomic mass is 35.5. The first-order valence-corrected chi connectivity index (χ1v) is 12.5. The second kappa shape index (κ2) is 10.4. The molecule has 0 amide bonds. The molecule has 5 rings (SSSR count). The van der Waals surface area contributed by atoms with E-state index in [1.54, 1.807) is 0 Å². The van der Waals surface area contributed by atoms with Crippen LogP contribution < -0.4 is 10.7 Å². The molecule has 0 saturated heterocycles. The fourth-order valence-corrected chi connectivity index (χ4v) is 4.63. The largest absolute Gasteiger partial charge is 0.438 e. The van der Waals surface area contributed by atoms with E-state index in [0.29, 0.717) is 17.3 Å². The standard InChI is InChI=1S/C27H28ClN5O2/c1-18-8-10-19(11-9-18)25-24(20-12-14-21(28)15-13-20)29-22-6-5-17-33(26(22)31-25)16-4-2-3-7-23-30-27(34)35-32-23/h8-15H,2-7,16-17H2,1H3,(H,30,32,34). The van der Waals surface area contributed by atoms with Crippen molar-refractivity contribution >= 4 is 17.4 Å². The zero-order valence-corrected chi connectivity index (χ0v) is 20.5. The summed E-state index contributed by atoms with van der Waals surface area (Å²) < 4.78 is 4.57. The lowest BCUT2D eigenvalue weighted by Gasteiger charge is -2.30. The third-order valence-corrected chi connectivity index (χ3v) is 6.61. The van der Waals surface area contributed by atoms with Crippen LogP contribution in [0.15, 0.2) is 57.8 Å². The van der Waals surface area contributed by atoms with Crippen LogP contribution in [0.4, 0.5) is 5.82 Å². The van der Waals surface area contributed by atoms with Gasteiger partial charge in [-0.05, 0) is 44.7 Å². The fraction of sp³-hybridized carbons (Fsp3) is 0.333. The van der Waals surface area contributed by atoms with Gasteiger partial charge in [-0.3, -0.25) is 9.51 Å². The van der Waals surface area contributed by atoms with E-state index >= 15 is 0 Å². The Labute approximate surface area is 209 Å². The van der Waals surface area contributed by atoms with Crippen molar-refractivity contribution in [3.63, 3.8) is 0 Å². The molecule has 180 valence electrons. The van der Waals surface area contributed by atoms with Crippen molar-refractivity contribution in [1.29, 1.82) is 0 Å². The Balaban J connectivity index is 1.38. The molecule has 7 nitrogen and oxygen atoms in total. The maximum absolute atomic E-state index is 11.1. The first kappa shape index (κ1) is 23.3. The zero-order valence-electron chi connectivity index (χ0n) is 19.8. The van der Waals surface area contributed by atoms with E-state index in [1.165, 1.54) is 5.56 Å². The number of H-pyrrole nitrogens is 1. The summed E-state index contributed by atoms with van der Waals surface area (Å²) in [6.45, 7) is 3.99. The van der Waals surface area contributed by atoms with Gasteiger partial charge in [0.05, 0.1) is 17.1 Å². The Kier molecular flexibility index (Phi) is 6.95. The van der Waals surface area contributed by atoms with E-state index in [1.807, 2.05) is 24.3 Å². The number of anilines is 1. The second-order valence-corrected chi connectivity index (χ2v) is 9.44. The van der Waals surface area contributed by atoms with Crippen LogP contribution in [0.25, 0.3) is 22.5 Å². The van der Waals surface area contributed by atoms with Gasteiger partial charge in [-0.25, -0.2) is 14.8 Å². The lowest BCUT2D eigenvalue weighted by Crippen LogP contribution is -2.32. The van der Waals surface area contributed by atoms with Crippen molar-refractivity contribution in [3.05, 3.63) is 81.2 Å². The van der Waals surface area contributed by atoms with Crippen molar-refractivity contribution < 1.29 is 4.52 Å². The van der Waals surface area contributed by atoms with E-state index < -0.39 is 5.76 Å². The molecule has 2 aromatic carbocycles. The van der Waals surface area contributed by atoms with Gasteiger partial charge >= 0.3 is 5.76 Å². The van der Waals surface area contributed by atoms with Crippen LogP contribution in [0, 0.1) is 6.92 Å². The number of hydrogen-bond acceptors (Lipinski definition) is 6. The van der Waals surface area contributed by atoms with Gasteiger partial charge < -0.3 is 4.90 Å². The Morgan fingerprint density at radius 1 is 0.971 bits per heavy atom. The monoisotopic (exact) mass is 489 g/mol. The first-order valence-electron chi connectivity index (χ1n) is 12.1. The van der Waals surface area contributed by atoms with Crippen molar-refractivity contribution in [2.75, 3.05) is 18.0 Å². The zero-order chi connectivity index (χ0) is 24.2. The molecule has 0 saturated carbocycles. The van der Waals surface area contributed by atoms with Gasteiger partial charge in [-0.1, -0.05) is 65.1 Å². The van der Waals surface area contributed by atoms with E-state index in [9.17, 15) is 4.79 Å². The summed E-state index contributed by atoms with van der Waals surface area (Å²) in [6.07, 6.45) is 5.70. The van der Waals surface area contributed by atoms with E-state index in [4.69, 9.17) is 21.6 Å². The van der Waals surface area contributed by atoms with Crippen LogP contribution in [0.3, 0.4) is 0 Å². The third-order valence-electron chi connectivity index (χ3n) is 6.36. The van der Waals surface area contributed by atoms with Crippen LogP contribution >= 0.6 is 11.6 Å². The molecule has 0 radical (unpaired) electrons. The summed E-state index contributed by atoms with van der Waals surface area (Å²) in [7, 11) is 0. The Morgan fingerprint density at radius 2 is 1.69 bits per heavy atom. The molecule has 0 aliphatic carbocycles. The molecule has 1 N–H and O–H groups in total. The summed E-state index contributed by atoms with van der Waals surface area (Å²) in [4.78, 5) is 26.4. The van der Waals surface area contributed by atoms with E-state index in [2.05, 4.69) is 50.8 Å². The van der Waals surface area contributed by atoms with Crippen LogP contribution in [-0.2, 0) is 12.8 Å². The number of aromatic amines is 1. The lowest BCUT2D eigenvalue weighted by atomic mass is 10.0. The van der Waals surface area contributed by atoms with Crippen molar-refractivity contribution in [3.8, 4) is 22.5 Å². The molecule has 3 heterocycles. The minimum absolute atomic E-state index is 0.495. The van der Waals surface area contributed by atoms with Crippen LogP contribution in [0.5, 0.6) is 0 Å². The number of unbranched alkanes of at least 4 members (excludes halogenated alkanes) is 2. The minimum atomic E-state index is -0.495. The minimum Gasteiger partial charge on any atom is -0.355 e. The van der Waals surface area contributed by atoms with Gasteiger partial charge in [0.25, 0.3) is 0 Å². The normalized spacial score (nSPS) is 13.1. The Morgan fingerprint density at radius 3 is 2.40 bits per heavy atom. The molecule has 0 unspecified atom stereocenters. The van der Waals surface area contributed by atoms with Gasteiger partial charge in [-0.2, -0.15) is 0 Å². The number of fused-ring (bicyclic) bond motifs is 1. The SMILES string of the molecule is Cc1ccc(-c2nc3c(nc2-c2ccc(Cl)cc2)CCCN3CCCCCc2noc(=O)[nH]2)cc1. The highest BCUT2D eigenvalue weighted by Crippen LogP contribution is 2.35. The maximum atomic E-state index is 11.1. The number of aryl methyl sites for hydroxylation is 3. The molecule has 2 aromatic heterocycles. The van der Waals surface area contributed by atoms with Crippen LogP contribution in [0.2, 0.25) is 5.02 Å². The number of benzene rings is 2. The van der Waals surface area contributed by atoms with Crippen molar-refractivity contribution in [2.45, 2.75) is 45.4 Å². The molecule has 1 aliphatic heterocycles. The van der Waals surface area contributed by atoms with Gasteiger partial charge in [0.1, 0.15) is 0 Å². The quantitative estimate of drug-likeness (QED) is 0.323. The molecular weight excluding hydrogens is 462 g/mol. The molecule has 0 spiro atoms. The molecule has 0 bridgehead atoms. The van der Waals surface area contributed by atoms with Crippen LogP contribution in [0.1, 0.15) is 42.8 Å². The van der Waals surface area contributed by atoms with E-state index in [-0.39, 0.29) is 0 Å². The molecule has 0 atom stereocenters. The number of nitrogens with one attached hydrogen (secondary N) is 1. The molecule has 0 fully saturated rings. The average Bonchev–Trinajstić information content (AvgIpc) is 3.29. The number of nitrogens with zero attached hydrogens (tertiary/aromatic N) is 4. The van der Waals surface area contributed by atoms with Crippen LogP contribution in [-0.4, -0.2) is 33.2 Å². The predicted molar refractivity (Wildman–Crippen MR) is 138 cm³/mol. The van der Waals surface area contributed by atoms with Gasteiger partial charge in [0.2, 0.25) is 0 Å². The molecule has 1 aliphatic rings. The number of halogens is 1. The summed E-state index contributed by atoms with van der Waals surface area (Å²) in [5, 5.41) is 4.44. The fourth-order valence-electron chi connectivity index (χ4n) is 4.50. The number of rotatable bonds is 8. The van der Waals surface area contributed by atoms with Crippen molar-refractivity contribution in [2.24, 2.45) is 0 Å². The number of aromatic nitrogens is 4. The smallest absolute Gasteiger partial charge is 0.355 e.